The minimum absolute atomic E-state index is 0.892. The summed E-state index contributed by atoms with van der Waals surface area (Å²) in [5, 5.41) is 4.50. The number of hydrogen-bond acceptors (Lipinski definition) is 2. The average molecular weight is 526 g/mol. The van der Waals surface area contributed by atoms with Gasteiger partial charge in [-0.05, 0) is 60.7 Å². The second kappa shape index (κ2) is 8.41. The van der Waals surface area contributed by atoms with Gasteiger partial charge < -0.3 is 0 Å². The van der Waals surface area contributed by atoms with Gasteiger partial charge in [0.25, 0.3) is 0 Å². The van der Waals surface area contributed by atoms with E-state index in [4.69, 9.17) is 9.97 Å². The molecule has 5 heteroatoms. The summed E-state index contributed by atoms with van der Waals surface area (Å²) in [7, 11) is 0. The van der Waals surface area contributed by atoms with Crippen molar-refractivity contribution in [2.45, 2.75) is 0 Å². The summed E-state index contributed by atoms with van der Waals surface area (Å²) < 4.78 is 6.88. The molecule has 9 rings (SSSR count). The molecule has 0 amide bonds. The Balaban J connectivity index is 1.48. The maximum atomic E-state index is 5.48. The van der Waals surface area contributed by atoms with Crippen LogP contribution < -0.4 is 0 Å². The molecule has 0 spiro atoms. The van der Waals surface area contributed by atoms with Gasteiger partial charge >= 0.3 is 0 Å². The van der Waals surface area contributed by atoms with Crippen molar-refractivity contribution in [1.29, 1.82) is 0 Å². The summed E-state index contributed by atoms with van der Waals surface area (Å²) in [5.74, 6) is 1.05. The van der Waals surface area contributed by atoms with Gasteiger partial charge in [0.05, 0.1) is 22.1 Å². The lowest BCUT2D eigenvalue weighted by Gasteiger charge is -2.14. The van der Waals surface area contributed by atoms with Crippen LogP contribution in [-0.4, -0.2) is 23.7 Å². The fourth-order valence-electron chi connectivity index (χ4n) is 6.34. The lowest BCUT2D eigenvalue weighted by molar-refractivity contribution is 0.989. The largest absolute Gasteiger partial charge is 0.295 e. The first-order chi connectivity index (χ1) is 20.4. The van der Waals surface area contributed by atoms with E-state index in [1.165, 1.54) is 10.8 Å². The fourth-order valence-corrected chi connectivity index (χ4v) is 6.34. The quantitative estimate of drug-likeness (QED) is 0.232. The Labute approximate surface area is 235 Å². The Morgan fingerprint density at radius 1 is 0.439 bits per heavy atom. The molecule has 0 saturated heterocycles. The number of pyridine rings is 2. The smallest absolute Gasteiger partial charge is 0.149 e. The van der Waals surface area contributed by atoms with Gasteiger partial charge in [-0.25, -0.2) is 4.98 Å². The van der Waals surface area contributed by atoms with Gasteiger partial charge in [-0.1, -0.05) is 72.8 Å². The number of rotatable bonds is 3. The molecule has 5 aromatic heterocycles. The van der Waals surface area contributed by atoms with Crippen molar-refractivity contribution in [3.05, 3.63) is 140 Å². The summed E-state index contributed by atoms with van der Waals surface area (Å²) in [6.07, 6.45) is 1.86. The van der Waals surface area contributed by atoms with E-state index in [1.807, 2.05) is 18.3 Å². The number of hydrogen-bond donors (Lipinski definition) is 0. The molecule has 0 bridgehead atoms. The highest BCUT2D eigenvalue weighted by molar-refractivity contribution is 6.15. The zero-order chi connectivity index (χ0) is 26.9. The van der Waals surface area contributed by atoms with Crippen LogP contribution >= 0.6 is 0 Å². The topological polar surface area (TPSA) is 40.6 Å². The van der Waals surface area contributed by atoms with Crippen LogP contribution in [-0.2, 0) is 0 Å². The Morgan fingerprint density at radius 3 is 1.88 bits per heavy atom. The molecule has 0 aliphatic rings. The third-order valence-electron chi connectivity index (χ3n) is 8.07. The van der Waals surface area contributed by atoms with Crippen LogP contribution in [0, 0.1) is 0 Å². The van der Waals surface area contributed by atoms with E-state index >= 15 is 0 Å². The molecule has 0 saturated carbocycles. The maximum absolute atomic E-state index is 5.48. The van der Waals surface area contributed by atoms with Gasteiger partial charge in [0, 0.05) is 39.1 Å². The summed E-state index contributed by atoms with van der Waals surface area (Å²) >= 11 is 0. The van der Waals surface area contributed by atoms with Crippen LogP contribution in [0.2, 0.25) is 0 Å². The van der Waals surface area contributed by atoms with E-state index < -0.39 is 0 Å². The second-order valence-electron chi connectivity index (χ2n) is 10.4. The number of nitrogens with zero attached hydrogens (tertiary/aromatic N) is 5. The Hall–Kier alpha value is -5.68. The average Bonchev–Trinajstić information content (AvgIpc) is 3.68. The van der Waals surface area contributed by atoms with Crippen molar-refractivity contribution in [1.82, 2.24) is 23.7 Å². The normalized spacial score (nSPS) is 11.9. The van der Waals surface area contributed by atoms with Crippen molar-refractivity contribution in [2.24, 2.45) is 0 Å². The molecule has 0 aliphatic carbocycles. The van der Waals surface area contributed by atoms with E-state index in [0.717, 1.165) is 61.3 Å². The van der Waals surface area contributed by atoms with Crippen LogP contribution in [0.5, 0.6) is 0 Å². The van der Waals surface area contributed by atoms with E-state index in [0.29, 0.717) is 0 Å². The van der Waals surface area contributed by atoms with Crippen LogP contribution in [0.25, 0.3) is 72.1 Å². The van der Waals surface area contributed by atoms with Crippen LogP contribution in [0.4, 0.5) is 0 Å². The second-order valence-corrected chi connectivity index (χ2v) is 10.4. The highest BCUT2D eigenvalue weighted by Crippen LogP contribution is 2.38. The van der Waals surface area contributed by atoms with Gasteiger partial charge in [0.15, 0.2) is 0 Å². The zero-order valence-electron chi connectivity index (χ0n) is 22.0. The summed E-state index contributed by atoms with van der Waals surface area (Å²) in [6, 6.07) is 46.8. The summed E-state index contributed by atoms with van der Waals surface area (Å²) in [4.78, 5) is 10.3. The molecule has 9 aromatic rings. The number of para-hydroxylation sites is 4. The molecule has 192 valence electrons. The molecule has 0 aliphatic heterocycles. The molecule has 41 heavy (non-hydrogen) atoms. The molecule has 0 unspecified atom stereocenters. The fraction of sp³-hybridized carbons (Fsp3) is 0. The predicted molar refractivity (Wildman–Crippen MR) is 168 cm³/mol. The zero-order valence-corrected chi connectivity index (χ0v) is 22.0. The van der Waals surface area contributed by atoms with Crippen molar-refractivity contribution in [3.8, 4) is 17.2 Å². The maximum Gasteiger partial charge on any atom is 0.149 e. The summed E-state index contributed by atoms with van der Waals surface area (Å²) in [6.45, 7) is 0. The molecule has 0 atom stereocenters. The van der Waals surface area contributed by atoms with Crippen molar-refractivity contribution in [2.75, 3.05) is 0 Å². The first kappa shape index (κ1) is 22.2. The van der Waals surface area contributed by atoms with Crippen molar-refractivity contribution >= 4 is 54.9 Å². The highest BCUT2D eigenvalue weighted by atomic mass is 15.2. The van der Waals surface area contributed by atoms with Gasteiger partial charge in [-0.15, -0.1) is 0 Å². The van der Waals surface area contributed by atoms with Crippen LogP contribution in [0.15, 0.2) is 140 Å². The van der Waals surface area contributed by atoms with E-state index in [1.54, 1.807) is 0 Å². The molecule has 0 fully saturated rings. The monoisotopic (exact) mass is 525 g/mol. The first-order valence-electron chi connectivity index (χ1n) is 13.8. The third-order valence-corrected chi connectivity index (χ3v) is 8.07. The Morgan fingerprint density at radius 2 is 1.07 bits per heavy atom. The lowest BCUT2D eigenvalue weighted by atomic mass is 10.1. The molecular formula is C36H23N5. The van der Waals surface area contributed by atoms with E-state index in [2.05, 4.69) is 135 Å². The molecule has 0 N–H and O–H groups in total. The highest BCUT2D eigenvalue weighted by Gasteiger charge is 2.22. The molecule has 5 nitrogen and oxygen atoms in total. The molecule has 5 heterocycles. The minimum Gasteiger partial charge on any atom is -0.295 e. The SMILES string of the molecule is c1ccc(-n2c(-n3c4ccccc4c4cc5c6ncccc6n(-c6ccccc6)c5nc43)cc3ccccc32)cc1. The van der Waals surface area contributed by atoms with Gasteiger partial charge in [-0.2, -0.15) is 0 Å². The van der Waals surface area contributed by atoms with Gasteiger partial charge in [-0.3, -0.25) is 18.7 Å². The number of fused-ring (bicyclic) bond motifs is 7. The molecular weight excluding hydrogens is 502 g/mol. The molecule has 0 radical (unpaired) electrons. The van der Waals surface area contributed by atoms with Crippen molar-refractivity contribution in [3.63, 3.8) is 0 Å². The predicted octanol–water partition coefficient (Wildman–Crippen LogP) is 8.61. The summed E-state index contributed by atoms with van der Waals surface area (Å²) in [5.41, 5.74) is 8.25. The van der Waals surface area contributed by atoms with E-state index in [-0.39, 0.29) is 0 Å². The minimum atomic E-state index is 0.892. The van der Waals surface area contributed by atoms with Crippen LogP contribution in [0.1, 0.15) is 0 Å². The first-order valence-corrected chi connectivity index (χ1v) is 13.8. The standard InChI is InChI=1S/C36H23N5/c1-3-13-25(14-4-1)39-30-18-9-7-12-24(30)22-33(39)41-31-19-10-8-17-27(31)28-23-29-34-32(20-11-21-37-34)40(36(29)38-35(28)41)26-15-5-2-6-16-26/h1-23H. The number of aromatic nitrogens is 5. The Bertz CT molecular complexity index is 2410. The molecule has 4 aromatic carbocycles. The van der Waals surface area contributed by atoms with Gasteiger partial charge in [0.1, 0.15) is 17.1 Å². The van der Waals surface area contributed by atoms with Gasteiger partial charge in [0.2, 0.25) is 0 Å². The lowest BCUT2D eigenvalue weighted by Crippen LogP contribution is -2.05. The van der Waals surface area contributed by atoms with E-state index in [9.17, 15) is 0 Å². The third kappa shape index (κ3) is 3.11. The number of benzene rings is 4. The van der Waals surface area contributed by atoms with Crippen LogP contribution in [0.3, 0.4) is 0 Å². The van der Waals surface area contributed by atoms with Crippen molar-refractivity contribution < 1.29 is 0 Å². The Kier molecular flexibility index (Phi) is 4.55.